The average Bonchev–Trinajstić information content (AvgIpc) is 2.44. The van der Waals surface area contributed by atoms with Crippen LogP contribution in [0.25, 0.3) is 0 Å². The predicted octanol–water partition coefficient (Wildman–Crippen LogP) is 0.444. The Balaban J connectivity index is 2.03. The van der Waals surface area contributed by atoms with E-state index < -0.39 is 0 Å². The van der Waals surface area contributed by atoms with Gasteiger partial charge in [-0.1, -0.05) is 6.92 Å². The molecule has 6 nitrogen and oxygen atoms in total. The number of carbonyl (C=O) groups is 2. The smallest absolute Gasteiger partial charge is 0.266 e. The number of nitrogens with two attached hydrogens (primary N) is 1. The number of nitrogens with one attached hydrogen (secondary N) is 1. The van der Waals surface area contributed by atoms with E-state index in [0.29, 0.717) is 12.1 Å². The fourth-order valence-electron chi connectivity index (χ4n) is 2.22. The normalized spacial score (nSPS) is 19.4. The van der Waals surface area contributed by atoms with Crippen LogP contribution in [0.15, 0.2) is 18.3 Å². The molecular formula is C13H18N4O2. The summed E-state index contributed by atoms with van der Waals surface area (Å²) in [5.74, 6) is 4.94. The number of nitrogens with zero attached hydrogens (tertiary/aromatic N) is 2. The van der Waals surface area contributed by atoms with Crippen LogP contribution in [-0.4, -0.2) is 28.2 Å². The van der Waals surface area contributed by atoms with Gasteiger partial charge in [0.15, 0.2) is 0 Å². The van der Waals surface area contributed by atoms with Crippen LogP contribution in [0.1, 0.15) is 35.8 Å². The maximum absolute atomic E-state index is 12.0. The third kappa shape index (κ3) is 3.08. The minimum atomic E-state index is -0.373. The zero-order valence-electron chi connectivity index (χ0n) is 10.9. The van der Waals surface area contributed by atoms with Gasteiger partial charge in [-0.2, -0.15) is 0 Å². The van der Waals surface area contributed by atoms with E-state index in [1.165, 1.54) is 6.20 Å². The molecule has 1 aromatic rings. The highest BCUT2D eigenvalue weighted by atomic mass is 16.2. The van der Waals surface area contributed by atoms with Gasteiger partial charge < -0.3 is 4.90 Å². The highest BCUT2D eigenvalue weighted by molar-refractivity contribution is 5.93. The first-order valence-electron chi connectivity index (χ1n) is 6.36. The standard InChI is InChI=1S/C13H18N4O2/c1-9-3-2-6-17(13(9)19)8-11-5-4-10(7-15-11)12(18)16-14/h4-5,7,9H,2-3,6,8,14H2,1H3,(H,16,18). The Hall–Kier alpha value is -1.95. The molecule has 1 fully saturated rings. The van der Waals surface area contributed by atoms with Gasteiger partial charge in [0, 0.05) is 18.7 Å². The van der Waals surface area contributed by atoms with Crippen molar-refractivity contribution in [3.8, 4) is 0 Å². The number of hydrogen-bond donors (Lipinski definition) is 2. The predicted molar refractivity (Wildman–Crippen MR) is 69.7 cm³/mol. The number of carbonyl (C=O) groups excluding carboxylic acids is 2. The summed E-state index contributed by atoms with van der Waals surface area (Å²) in [5.41, 5.74) is 3.23. The number of nitrogen functional groups attached to an aromatic ring is 1. The zero-order chi connectivity index (χ0) is 13.8. The largest absolute Gasteiger partial charge is 0.337 e. The van der Waals surface area contributed by atoms with Crippen molar-refractivity contribution < 1.29 is 9.59 Å². The molecule has 0 saturated carbocycles. The molecule has 102 valence electrons. The Labute approximate surface area is 112 Å². The van der Waals surface area contributed by atoms with Crippen LogP contribution in [0.3, 0.4) is 0 Å². The molecule has 3 N–H and O–H groups in total. The van der Waals surface area contributed by atoms with E-state index in [4.69, 9.17) is 5.84 Å². The first-order valence-corrected chi connectivity index (χ1v) is 6.36. The molecule has 0 bridgehead atoms. The van der Waals surface area contributed by atoms with Crippen molar-refractivity contribution in [2.75, 3.05) is 6.54 Å². The Bertz CT molecular complexity index is 472. The van der Waals surface area contributed by atoms with Crippen molar-refractivity contribution in [2.45, 2.75) is 26.3 Å². The van der Waals surface area contributed by atoms with Gasteiger partial charge in [0.2, 0.25) is 5.91 Å². The second-order valence-electron chi connectivity index (χ2n) is 4.81. The number of amides is 2. The lowest BCUT2D eigenvalue weighted by molar-refractivity contribution is -0.138. The summed E-state index contributed by atoms with van der Waals surface area (Å²) >= 11 is 0. The highest BCUT2D eigenvalue weighted by Crippen LogP contribution is 2.18. The molecule has 0 aromatic carbocycles. The summed E-state index contributed by atoms with van der Waals surface area (Å²) in [6, 6.07) is 3.40. The molecule has 1 unspecified atom stereocenters. The number of piperidine rings is 1. The summed E-state index contributed by atoms with van der Waals surface area (Å²) in [6.45, 7) is 3.22. The van der Waals surface area contributed by atoms with E-state index in [1.807, 2.05) is 11.8 Å². The van der Waals surface area contributed by atoms with Crippen molar-refractivity contribution in [1.29, 1.82) is 0 Å². The van der Waals surface area contributed by atoms with Gasteiger partial charge in [-0.3, -0.25) is 20.0 Å². The molecular weight excluding hydrogens is 244 g/mol. The molecule has 0 spiro atoms. The van der Waals surface area contributed by atoms with Crippen LogP contribution < -0.4 is 11.3 Å². The van der Waals surface area contributed by atoms with Crippen LogP contribution in [0, 0.1) is 5.92 Å². The van der Waals surface area contributed by atoms with Gasteiger partial charge in [0.05, 0.1) is 17.8 Å². The van der Waals surface area contributed by atoms with E-state index in [-0.39, 0.29) is 17.7 Å². The van der Waals surface area contributed by atoms with Gasteiger partial charge in [0.25, 0.3) is 5.91 Å². The second-order valence-corrected chi connectivity index (χ2v) is 4.81. The van der Waals surface area contributed by atoms with Gasteiger partial charge >= 0.3 is 0 Å². The summed E-state index contributed by atoms with van der Waals surface area (Å²) in [6.07, 6.45) is 3.45. The van der Waals surface area contributed by atoms with E-state index in [0.717, 1.165) is 25.1 Å². The zero-order valence-corrected chi connectivity index (χ0v) is 10.9. The molecule has 6 heteroatoms. The lowest BCUT2D eigenvalue weighted by Crippen LogP contribution is -2.39. The van der Waals surface area contributed by atoms with Crippen LogP contribution >= 0.6 is 0 Å². The quantitative estimate of drug-likeness (QED) is 0.470. The van der Waals surface area contributed by atoms with E-state index in [9.17, 15) is 9.59 Å². The van der Waals surface area contributed by atoms with Gasteiger partial charge in [0.1, 0.15) is 0 Å². The minimum absolute atomic E-state index is 0.0936. The average molecular weight is 262 g/mol. The first kappa shape index (κ1) is 13.5. The fraction of sp³-hybridized carbons (Fsp3) is 0.462. The Morgan fingerprint density at radius 1 is 1.58 bits per heavy atom. The Morgan fingerprint density at radius 3 is 3.00 bits per heavy atom. The summed E-state index contributed by atoms with van der Waals surface area (Å²) in [7, 11) is 0. The monoisotopic (exact) mass is 262 g/mol. The van der Waals surface area contributed by atoms with E-state index >= 15 is 0 Å². The molecule has 0 aliphatic carbocycles. The van der Waals surface area contributed by atoms with Crippen LogP contribution in [0.4, 0.5) is 0 Å². The van der Waals surface area contributed by atoms with Crippen molar-refractivity contribution in [2.24, 2.45) is 11.8 Å². The number of likely N-dealkylation sites (tertiary alicyclic amines) is 1. The molecule has 1 aliphatic rings. The second kappa shape index (κ2) is 5.79. The lowest BCUT2D eigenvalue weighted by Gasteiger charge is -2.30. The highest BCUT2D eigenvalue weighted by Gasteiger charge is 2.25. The summed E-state index contributed by atoms with van der Waals surface area (Å²) in [4.78, 5) is 29.2. The molecule has 2 amide bonds. The van der Waals surface area contributed by atoms with Crippen molar-refractivity contribution in [3.05, 3.63) is 29.6 Å². The fourth-order valence-corrected chi connectivity index (χ4v) is 2.22. The molecule has 2 heterocycles. The third-order valence-electron chi connectivity index (χ3n) is 3.37. The number of hydrazine groups is 1. The van der Waals surface area contributed by atoms with E-state index in [1.54, 1.807) is 12.1 Å². The topological polar surface area (TPSA) is 88.3 Å². The lowest BCUT2D eigenvalue weighted by atomic mass is 9.99. The number of pyridine rings is 1. The SMILES string of the molecule is CC1CCCN(Cc2ccc(C(=O)NN)cn2)C1=O. The molecule has 1 aromatic heterocycles. The van der Waals surface area contributed by atoms with Crippen molar-refractivity contribution in [3.63, 3.8) is 0 Å². The van der Waals surface area contributed by atoms with Crippen molar-refractivity contribution in [1.82, 2.24) is 15.3 Å². The molecule has 1 saturated heterocycles. The third-order valence-corrected chi connectivity index (χ3v) is 3.37. The number of rotatable bonds is 3. The van der Waals surface area contributed by atoms with Crippen LogP contribution in [0.2, 0.25) is 0 Å². The number of hydrogen-bond acceptors (Lipinski definition) is 4. The Morgan fingerprint density at radius 2 is 2.37 bits per heavy atom. The first-order chi connectivity index (χ1) is 9.11. The molecule has 19 heavy (non-hydrogen) atoms. The number of aromatic nitrogens is 1. The molecule has 1 atom stereocenters. The Kier molecular flexibility index (Phi) is 4.11. The van der Waals surface area contributed by atoms with Gasteiger partial charge in [-0.05, 0) is 25.0 Å². The van der Waals surface area contributed by atoms with Crippen LogP contribution in [0.5, 0.6) is 0 Å². The molecule has 0 radical (unpaired) electrons. The molecule has 1 aliphatic heterocycles. The van der Waals surface area contributed by atoms with Gasteiger partial charge in [-0.25, -0.2) is 5.84 Å². The summed E-state index contributed by atoms with van der Waals surface area (Å²) < 4.78 is 0. The minimum Gasteiger partial charge on any atom is -0.337 e. The van der Waals surface area contributed by atoms with E-state index in [2.05, 4.69) is 10.4 Å². The van der Waals surface area contributed by atoms with Crippen molar-refractivity contribution >= 4 is 11.8 Å². The maximum Gasteiger partial charge on any atom is 0.266 e. The molecule has 2 rings (SSSR count). The van der Waals surface area contributed by atoms with Crippen LogP contribution in [-0.2, 0) is 11.3 Å². The summed E-state index contributed by atoms with van der Waals surface area (Å²) in [5, 5.41) is 0. The van der Waals surface area contributed by atoms with Gasteiger partial charge in [-0.15, -0.1) is 0 Å². The maximum atomic E-state index is 12.0.